The van der Waals surface area contributed by atoms with Gasteiger partial charge in [0.2, 0.25) is 0 Å². The van der Waals surface area contributed by atoms with Gasteiger partial charge in [-0.15, -0.1) is 17.9 Å². The highest BCUT2D eigenvalue weighted by Gasteiger charge is 1.93. The van der Waals surface area contributed by atoms with Crippen molar-refractivity contribution in [3.8, 4) is 0 Å². The number of nitrogens with zero attached hydrogens (tertiary/aromatic N) is 1. The van der Waals surface area contributed by atoms with Gasteiger partial charge < -0.3 is 10.1 Å². The lowest BCUT2D eigenvalue weighted by atomic mass is 10.4. The minimum absolute atomic E-state index is 0.749. The van der Waals surface area contributed by atoms with Crippen molar-refractivity contribution >= 4 is 11.3 Å². The number of hydrogen-bond acceptors (Lipinski definition) is 4. The van der Waals surface area contributed by atoms with Crippen molar-refractivity contribution in [3.05, 3.63) is 29.2 Å². The van der Waals surface area contributed by atoms with Crippen LogP contribution in [-0.2, 0) is 11.3 Å². The lowest BCUT2D eigenvalue weighted by Crippen LogP contribution is -2.19. The Kier molecular flexibility index (Phi) is 6.23. The number of ether oxygens (including phenoxy) is 1. The highest BCUT2D eigenvalue weighted by atomic mass is 32.1. The van der Waals surface area contributed by atoms with E-state index in [1.165, 1.54) is 0 Å². The van der Waals surface area contributed by atoms with Crippen LogP contribution >= 0.6 is 11.3 Å². The molecule has 4 heteroatoms. The van der Waals surface area contributed by atoms with Gasteiger partial charge in [-0.1, -0.05) is 6.08 Å². The summed E-state index contributed by atoms with van der Waals surface area (Å²) >= 11 is 1.67. The molecule has 0 fully saturated rings. The quantitative estimate of drug-likeness (QED) is 0.527. The molecule has 0 aliphatic rings. The van der Waals surface area contributed by atoms with E-state index >= 15 is 0 Å². The van der Waals surface area contributed by atoms with Crippen LogP contribution in [0.5, 0.6) is 0 Å². The van der Waals surface area contributed by atoms with Gasteiger partial charge in [0.15, 0.2) is 0 Å². The fourth-order valence-electron chi connectivity index (χ4n) is 0.949. The van der Waals surface area contributed by atoms with Crippen LogP contribution in [0.15, 0.2) is 24.2 Å². The summed E-state index contributed by atoms with van der Waals surface area (Å²) in [5, 5.41) is 6.37. The summed E-state index contributed by atoms with van der Waals surface area (Å²) in [6, 6.07) is 0. The lowest BCUT2D eigenvalue weighted by molar-refractivity contribution is 0.140. The Balaban J connectivity index is 1.87. The van der Waals surface area contributed by atoms with Gasteiger partial charge in [0.1, 0.15) is 5.01 Å². The van der Waals surface area contributed by atoms with Crippen molar-refractivity contribution in [2.24, 2.45) is 0 Å². The topological polar surface area (TPSA) is 34.1 Å². The number of nitrogens with one attached hydrogen (secondary N) is 1. The molecule has 1 aromatic rings. The lowest BCUT2D eigenvalue weighted by Gasteiger charge is -2.03. The normalized spacial score (nSPS) is 10.3. The third-order valence-electron chi connectivity index (χ3n) is 1.65. The summed E-state index contributed by atoms with van der Waals surface area (Å²) < 4.78 is 5.34. The number of rotatable bonds is 8. The molecule has 3 nitrogen and oxygen atoms in total. The van der Waals surface area contributed by atoms with Crippen molar-refractivity contribution in [1.82, 2.24) is 10.3 Å². The zero-order valence-electron chi connectivity index (χ0n) is 8.24. The SMILES string of the molecule is C=CCCOCCNCc1nccs1. The largest absolute Gasteiger partial charge is 0.380 e. The molecule has 1 heterocycles. The van der Waals surface area contributed by atoms with E-state index in [0.29, 0.717) is 0 Å². The van der Waals surface area contributed by atoms with Crippen molar-refractivity contribution in [1.29, 1.82) is 0 Å². The van der Waals surface area contributed by atoms with Crippen molar-refractivity contribution in [2.75, 3.05) is 19.8 Å². The van der Waals surface area contributed by atoms with E-state index in [1.54, 1.807) is 11.3 Å². The standard InChI is InChI=1S/C10H16N2OS/c1-2-3-6-13-7-4-11-9-10-12-5-8-14-10/h2,5,8,11H,1,3-4,6-7,9H2. The van der Waals surface area contributed by atoms with E-state index in [9.17, 15) is 0 Å². The number of thiazole rings is 1. The fourth-order valence-corrected chi connectivity index (χ4v) is 1.53. The van der Waals surface area contributed by atoms with Crippen LogP contribution in [0.4, 0.5) is 0 Å². The molecule has 0 radical (unpaired) electrons. The summed E-state index contributed by atoms with van der Waals surface area (Å²) in [6.45, 7) is 6.85. The molecule has 14 heavy (non-hydrogen) atoms. The van der Waals surface area contributed by atoms with E-state index in [4.69, 9.17) is 4.74 Å². The Morgan fingerprint density at radius 2 is 2.50 bits per heavy atom. The first kappa shape index (κ1) is 11.4. The van der Waals surface area contributed by atoms with Gasteiger partial charge in [-0.3, -0.25) is 0 Å². The molecular weight excluding hydrogens is 196 g/mol. The first-order valence-electron chi connectivity index (χ1n) is 4.71. The van der Waals surface area contributed by atoms with Crippen LogP contribution in [0, 0.1) is 0 Å². The molecular formula is C10H16N2OS. The molecule has 0 bridgehead atoms. The predicted molar refractivity (Wildman–Crippen MR) is 59.5 cm³/mol. The Hall–Kier alpha value is -0.710. The molecule has 1 aromatic heterocycles. The Bertz CT molecular complexity index is 236. The maximum Gasteiger partial charge on any atom is 0.106 e. The van der Waals surface area contributed by atoms with Gasteiger partial charge in [-0.25, -0.2) is 4.98 Å². The second-order valence-electron chi connectivity index (χ2n) is 2.79. The van der Waals surface area contributed by atoms with Crippen molar-refractivity contribution in [3.63, 3.8) is 0 Å². The third-order valence-corrected chi connectivity index (χ3v) is 2.43. The molecule has 0 amide bonds. The molecule has 0 aliphatic heterocycles. The van der Waals surface area contributed by atoms with Crippen LogP contribution < -0.4 is 5.32 Å². The van der Waals surface area contributed by atoms with E-state index in [0.717, 1.165) is 37.7 Å². The second kappa shape index (κ2) is 7.67. The van der Waals surface area contributed by atoms with Crippen molar-refractivity contribution < 1.29 is 4.74 Å². The Morgan fingerprint density at radius 1 is 1.57 bits per heavy atom. The molecule has 0 saturated heterocycles. The molecule has 0 aliphatic carbocycles. The zero-order valence-corrected chi connectivity index (χ0v) is 9.05. The molecule has 1 N–H and O–H groups in total. The summed E-state index contributed by atoms with van der Waals surface area (Å²) in [6.07, 6.45) is 4.61. The maximum absolute atomic E-state index is 5.34. The van der Waals surface area contributed by atoms with Gasteiger partial charge in [0.05, 0.1) is 13.2 Å². The average molecular weight is 212 g/mol. The Morgan fingerprint density at radius 3 is 3.21 bits per heavy atom. The highest BCUT2D eigenvalue weighted by molar-refractivity contribution is 7.09. The van der Waals surface area contributed by atoms with Crippen molar-refractivity contribution in [2.45, 2.75) is 13.0 Å². The van der Waals surface area contributed by atoms with E-state index in [1.807, 2.05) is 17.7 Å². The summed E-state index contributed by atoms with van der Waals surface area (Å²) in [5.74, 6) is 0. The van der Waals surface area contributed by atoms with Gasteiger partial charge in [-0.2, -0.15) is 0 Å². The van der Waals surface area contributed by atoms with Crippen LogP contribution in [0.1, 0.15) is 11.4 Å². The first-order valence-corrected chi connectivity index (χ1v) is 5.59. The molecule has 78 valence electrons. The molecule has 0 atom stereocenters. The number of aromatic nitrogens is 1. The summed E-state index contributed by atoms with van der Waals surface area (Å²) in [5.41, 5.74) is 0. The number of hydrogen-bond donors (Lipinski definition) is 1. The van der Waals surface area contributed by atoms with Gasteiger partial charge in [0, 0.05) is 24.7 Å². The van der Waals surface area contributed by atoms with Crippen LogP contribution in [-0.4, -0.2) is 24.7 Å². The smallest absolute Gasteiger partial charge is 0.106 e. The zero-order chi connectivity index (χ0) is 10.1. The second-order valence-corrected chi connectivity index (χ2v) is 3.77. The first-order chi connectivity index (χ1) is 6.93. The van der Waals surface area contributed by atoms with E-state index in [-0.39, 0.29) is 0 Å². The molecule has 0 aromatic carbocycles. The minimum Gasteiger partial charge on any atom is -0.380 e. The summed E-state index contributed by atoms with van der Waals surface area (Å²) in [7, 11) is 0. The van der Waals surface area contributed by atoms with E-state index in [2.05, 4.69) is 16.9 Å². The molecule has 0 unspecified atom stereocenters. The van der Waals surface area contributed by atoms with Crippen LogP contribution in [0.25, 0.3) is 0 Å². The highest BCUT2D eigenvalue weighted by Crippen LogP contribution is 2.01. The predicted octanol–water partition coefficient (Wildman–Crippen LogP) is 1.83. The maximum atomic E-state index is 5.34. The minimum atomic E-state index is 0.749. The summed E-state index contributed by atoms with van der Waals surface area (Å²) in [4.78, 5) is 4.17. The van der Waals surface area contributed by atoms with Gasteiger partial charge in [-0.05, 0) is 6.42 Å². The molecule has 1 rings (SSSR count). The van der Waals surface area contributed by atoms with Crippen LogP contribution in [0.3, 0.4) is 0 Å². The fraction of sp³-hybridized carbons (Fsp3) is 0.500. The van der Waals surface area contributed by atoms with Gasteiger partial charge >= 0.3 is 0 Å². The van der Waals surface area contributed by atoms with E-state index < -0.39 is 0 Å². The van der Waals surface area contributed by atoms with Crippen LogP contribution in [0.2, 0.25) is 0 Å². The third kappa shape index (κ3) is 5.11. The molecule has 0 saturated carbocycles. The Labute approximate surface area is 88.8 Å². The molecule has 0 spiro atoms. The average Bonchev–Trinajstić information content (AvgIpc) is 2.69. The van der Waals surface area contributed by atoms with Gasteiger partial charge in [0.25, 0.3) is 0 Å². The monoisotopic (exact) mass is 212 g/mol.